The van der Waals surface area contributed by atoms with E-state index in [1.807, 2.05) is 0 Å². The first-order valence-corrected chi connectivity index (χ1v) is 8.92. The highest BCUT2D eigenvalue weighted by Crippen LogP contribution is 2.33. The Bertz CT molecular complexity index is 432. The van der Waals surface area contributed by atoms with Crippen molar-refractivity contribution in [2.75, 3.05) is 26.2 Å². The van der Waals surface area contributed by atoms with Gasteiger partial charge in [0.25, 0.3) is 0 Å². The van der Waals surface area contributed by atoms with Crippen LogP contribution in [-0.4, -0.2) is 61.2 Å². The maximum atomic E-state index is 12.4. The average Bonchev–Trinajstić information content (AvgIpc) is 2.46. The minimum absolute atomic E-state index is 1.28. The third kappa shape index (κ3) is 8.52. The van der Waals surface area contributed by atoms with Crippen LogP contribution in [-0.2, 0) is 10.1 Å². The normalized spacial score (nSPS) is 14.8. The summed E-state index contributed by atoms with van der Waals surface area (Å²) in [6.07, 6.45) is -12.3. The van der Waals surface area contributed by atoms with Crippen molar-refractivity contribution in [3.05, 3.63) is 0 Å². The van der Waals surface area contributed by atoms with Crippen molar-refractivity contribution in [3.63, 3.8) is 0 Å². The maximum absolute atomic E-state index is 12.4. The van der Waals surface area contributed by atoms with Crippen molar-refractivity contribution in [2.45, 2.75) is 58.1 Å². The molecule has 0 spiro atoms. The standard InChI is InChI=1S/C8H20N.C5H6F6O3S/c1-5-9(6-2,7-3)8-4;6-3(1-2-4(7,8)9)5(10,11)15(12,13)14/h5-8H2,1-4H3;3H,1-2H2,(H,12,13,14)/q+1;/p-1. The van der Waals surface area contributed by atoms with Crippen LogP contribution in [0.4, 0.5) is 26.3 Å². The van der Waals surface area contributed by atoms with Gasteiger partial charge in [-0.2, -0.15) is 22.0 Å². The van der Waals surface area contributed by atoms with Crippen LogP contribution in [0.15, 0.2) is 0 Å². The molecule has 24 heavy (non-hydrogen) atoms. The molecule has 1 atom stereocenters. The third-order valence-corrected chi connectivity index (χ3v) is 4.98. The Labute approximate surface area is 139 Å². The van der Waals surface area contributed by atoms with Crippen LogP contribution in [0.3, 0.4) is 0 Å². The minimum Gasteiger partial charge on any atom is -0.743 e. The minimum atomic E-state index is -6.29. The Balaban J connectivity index is 0. The second kappa shape index (κ2) is 9.81. The van der Waals surface area contributed by atoms with Gasteiger partial charge in [0.05, 0.1) is 26.2 Å². The van der Waals surface area contributed by atoms with Crippen molar-refractivity contribution in [1.82, 2.24) is 0 Å². The van der Waals surface area contributed by atoms with E-state index in [-0.39, 0.29) is 0 Å². The summed E-state index contributed by atoms with van der Waals surface area (Å²) in [6, 6.07) is 0. The molecule has 0 rings (SSSR count). The lowest BCUT2D eigenvalue weighted by Crippen LogP contribution is -2.47. The highest BCUT2D eigenvalue weighted by molar-refractivity contribution is 7.86. The summed E-state index contributed by atoms with van der Waals surface area (Å²) in [7, 11) is -6.29. The van der Waals surface area contributed by atoms with E-state index in [2.05, 4.69) is 27.7 Å². The largest absolute Gasteiger partial charge is 0.743 e. The molecule has 0 fully saturated rings. The van der Waals surface area contributed by atoms with Crippen molar-refractivity contribution in [1.29, 1.82) is 0 Å². The van der Waals surface area contributed by atoms with Crippen LogP contribution in [0.5, 0.6) is 0 Å². The van der Waals surface area contributed by atoms with Crippen LogP contribution in [0.1, 0.15) is 40.5 Å². The topological polar surface area (TPSA) is 57.2 Å². The number of quaternary nitrogens is 1. The van der Waals surface area contributed by atoms with E-state index in [0.717, 1.165) is 0 Å². The lowest BCUT2D eigenvalue weighted by atomic mass is 10.2. The van der Waals surface area contributed by atoms with Gasteiger partial charge in [-0.3, -0.25) is 0 Å². The van der Waals surface area contributed by atoms with Gasteiger partial charge in [-0.1, -0.05) is 0 Å². The zero-order valence-corrected chi connectivity index (χ0v) is 15.0. The fourth-order valence-corrected chi connectivity index (χ4v) is 2.39. The first-order valence-electron chi connectivity index (χ1n) is 7.51. The number of hydrogen-bond donors (Lipinski definition) is 0. The Morgan fingerprint density at radius 3 is 1.42 bits per heavy atom. The van der Waals surface area contributed by atoms with Crippen LogP contribution in [0.2, 0.25) is 0 Å². The lowest BCUT2D eigenvalue weighted by molar-refractivity contribution is -0.921. The Kier molecular flexibility index (Phi) is 10.5. The quantitative estimate of drug-likeness (QED) is 0.361. The molecule has 0 aromatic heterocycles. The molecule has 4 nitrogen and oxygen atoms in total. The van der Waals surface area contributed by atoms with Gasteiger partial charge in [-0.25, -0.2) is 12.8 Å². The molecule has 0 amide bonds. The summed E-state index contributed by atoms with van der Waals surface area (Å²) in [6.45, 7) is 14.2. The Hall–Kier alpha value is -0.550. The van der Waals surface area contributed by atoms with Crippen molar-refractivity contribution in [3.8, 4) is 0 Å². The molecule has 0 bridgehead atoms. The molecule has 0 aromatic carbocycles. The molecular weight excluding hydrogens is 364 g/mol. The van der Waals surface area contributed by atoms with Crippen LogP contribution in [0.25, 0.3) is 0 Å². The molecule has 11 heteroatoms. The number of nitrogens with zero attached hydrogens (tertiary/aromatic N) is 1. The van der Waals surface area contributed by atoms with Crippen LogP contribution >= 0.6 is 0 Å². The van der Waals surface area contributed by atoms with Gasteiger partial charge >= 0.3 is 11.4 Å². The predicted molar refractivity (Wildman–Crippen MR) is 77.3 cm³/mol. The molecule has 148 valence electrons. The van der Waals surface area contributed by atoms with Gasteiger partial charge in [-0.05, 0) is 34.1 Å². The Morgan fingerprint density at radius 2 is 1.25 bits per heavy atom. The van der Waals surface area contributed by atoms with Crippen molar-refractivity contribution >= 4 is 10.1 Å². The van der Waals surface area contributed by atoms with Gasteiger partial charge in [0, 0.05) is 6.42 Å². The number of hydrogen-bond acceptors (Lipinski definition) is 3. The average molecular weight is 389 g/mol. The molecule has 0 saturated carbocycles. The van der Waals surface area contributed by atoms with Crippen LogP contribution in [0, 0.1) is 0 Å². The van der Waals surface area contributed by atoms with Crippen molar-refractivity contribution in [2.24, 2.45) is 0 Å². The molecule has 0 aromatic rings. The summed E-state index contributed by atoms with van der Waals surface area (Å²) in [5, 5.41) is -5.34. The summed E-state index contributed by atoms with van der Waals surface area (Å²) in [5.41, 5.74) is 0. The molecule has 1 unspecified atom stereocenters. The van der Waals surface area contributed by atoms with Gasteiger partial charge in [0.2, 0.25) is 0 Å². The van der Waals surface area contributed by atoms with Gasteiger partial charge < -0.3 is 9.04 Å². The summed E-state index contributed by atoms with van der Waals surface area (Å²) < 4.78 is 102. The van der Waals surface area contributed by atoms with Gasteiger partial charge in [-0.15, -0.1) is 0 Å². The highest BCUT2D eigenvalue weighted by atomic mass is 32.2. The molecule has 0 radical (unpaired) electrons. The van der Waals surface area contributed by atoms with E-state index in [4.69, 9.17) is 0 Å². The second-order valence-corrected chi connectivity index (χ2v) is 6.70. The van der Waals surface area contributed by atoms with E-state index in [1.165, 1.54) is 30.7 Å². The van der Waals surface area contributed by atoms with E-state index in [1.54, 1.807) is 0 Å². The monoisotopic (exact) mass is 389 g/mol. The molecule has 0 N–H and O–H groups in total. The first kappa shape index (κ1) is 25.7. The summed E-state index contributed by atoms with van der Waals surface area (Å²) >= 11 is 0. The van der Waals surface area contributed by atoms with E-state index >= 15 is 0 Å². The third-order valence-electron chi connectivity index (χ3n) is 4.06. The summed E-state index contributed by atoms with van der Waals surface area (Å²) in [4.78, 5) is 0. The molecule has 0 aliphatic heterocycles. The lowest BCUT2D eigenvalue weighted by Gasteiger charge is -2.34. The highest BCUT2D eigenvalue weighted by Gasteiger charge is 2.48. The summed E-state index contributed by atoms with van der Waals surface area (Å²) in [5.74, 6) is 0. The fraction of sp³-hybridized carbons (Fsp3) is 1.00. The molecule has 0 heterocycles. The SMILES string of the molecule is CC[N+](CC)(CC)CC.O=S(=O)([O-])C(F)(F)C(F)CCC(F)(F)F. The van der Waals surface area contributed by atoms with Crippen molar-refractivity contribution < 1.29 is 43.8 Å². The molecule has 0 aliphatic carbocycles. The first-order chi connectivity index (χ1) is 10.6. The zero-order valence-electron chi connectivity index (χ0n) is 14.2. The Morgan fingerprint density at radius 1 is 0.917 bits per heavy atom. The fourth-order valence-electron chi connectivity index (χ4n) is 1.96. The number of rotatable bonds is 8. The number of alkyl halides is 6. The molecule has 0 aliphatic rings. The van der Waals surface area contributed by atoms with Gasteiger partial charge in [0.1, 0.15) is 0 Å². The second-order valence-electron chi connectivity index (χ2n) is 5.24. The predicted octanol–water partition coefficient (Wildman–Crippen LogP) is 3.69. The molecular formula is C13H25F6NO3S. The van der Waals surface area contributed by atoms with Crippen LogP contribution < -0.4 is 0 Å². The van der Waals surface area contributed by atoms with E-state index < -0.39 is 40.6 Å². The van der Waals surface area contributed by atoms with Gasteiger partial charge in [0.15, 0.2) is 16.3 Å². The maximum Gasteiger partial charge on any atom is 0.389 e. The van der Waals surface area contributed by atoms with E-state index in [0.29, 0.717) is 0 Å². The van der Waals surface area contributed by atoms with E-state index in [9.17, 15) is 39.3 Å². The number of halogens is 6. The zero-order chi connectivity index (χ0) is 19.8. The smallest absolute Gasteiger partial charge is 0.389 e. The molecule has 0 saturated heterocycles.